The summed E-state index contributed by atoms with van der Waals surface area (Å²) in [5, 5.41) is 8.75. The number of nitriles is 1. The first-order valence-corrected chi connectivity index (χ1v) is 6.21. The predicted octanol–water partition coefficient (Wildman–Crippen LogP) is 3.13. The predicted molar refractivity (Wildman–Crippen MR) is 70.7 cm³/mol. The summed E-state index contributed by atoms with van der Waals surface area (Å²) >= 11 is 3.42. The normalized spacial score (nSPS) is 10.1. The second-order valence-electron chi connectivity index (χ2n) is 4.12. The average molecular weight is 295 g/mol. The van der Waals surface area contributed by atoms with Gasteiger partial charge in [0.15, 0.2) is 0 Å². The van der Waals surface area contributed by atoms with E-state index in [1.807, 2.05) is 39.0 Å². The van der Waals surface area contributed by atoms with E-state index < -0.39 is 0 Å². The quantitative estimate of drug-likeness (QED) is 0.804. The number of rotatable bonds is 3. The number of carbonyl (C=O) groups excluding carboxylic acids is 1. The summed E-state index contributed by atoms with van der Waals surface area (Å²) in [6.07, 6.45) is 0. The molecule has 0 bridgehead atoms. The molecular weight excluding hydrogens is 280 g/mol. The molecule has 4 heteroatoms. The maximum atomic E-state index is 12.3. The molecule has 1 aromatic rings. The molecular formula is C13H15BrN2O. The molecule has 0 radical (unpaired) electrons. The van der Waals surface area contributed by atoms with Gasteiger partial charge in [-0.25, -0.2) is 0 Å². The maximum Gasteiger partial charge on any atom is 0.256 e. The van der Waals surface area contributed by atoms with Crippen molar-refractivity contribution in [1.29, 1.82) is 5.26 Å². The van der Waals surface area contributed by atoms with Crippen LogP contribution in [0.5, 0.6) is 0 Å². The monoisotopic (exact) mass is 294 g/mol. The van der Waals surface area contributed by atoms with Crippen LogP contribution in [-0.2, 0) is 0 Å². The van der Waals surface area contributed by atoms with E-state index in [0.29, 0.717) is 5.56 Å². The zero-order valence-electron chi connectivity index (χ0n) is 10.2. The van der Waals surface area contributed by atoms with Crippen molar-refractivity contribution in [2.24, 2.45) is 0 Å². The van der Waals surface area contributed by atoms with Gasteiger partial charge in [0.1, 0.15) is 6.54 Å². The first kappa shape index (κ1) is 13.7. The van der Waals surface area contributed by atoms with E-state index in [2.05, 4.69) is 15.9 Å². The van der Waals surface area contributed by atoms with Crippen molar-refractivity contribution < 1.29 is 4.79 Å². The molecule has 17 heavy (non-hydrogen) atoms. The minimum absolute atomic E-state index is 0.00885. The van der Waals surface area contributed by atoms with E-state index in [0.717, 1.165) is 10.0 Å². The summed E-state index contributed by atoms with van der Waals surface area (Å²) in [6, 6.07) is 7.58. The van der Waals surface area contributed by atoms with Crippen molar-refractivity contribution in [3.63, 3.8) is 0 Å². The van der Waals surface area contributed by atoms with Gasteiger partial charge in [-0.15, -0.1) is 0 Å². The Bertz CT molecular complexity index is 463. The van der Waals surface area contributed by atoms with Crippen molar-refractivity contribution in [3.05, 3.63) is 33.8 Å². The van der Waals surface area contributed by atoms with Crippen LogP contribution in [0.4, 0.5) is 0 Å². The fourth-order valence-electron chi connectivity index (χ4n) is 1.53. The van der Waals surface area contributed by atoms with Gasteiger partial charge in [-0.3, -0.25) is 4.79 Å². The van der Waals surface area contributed by atoms with Crippen molar-refractivity contribution in [2.75, 3.05) is 6.54 Å². The number of hydrogen-bond acceptors (Lipinski definition) is 2. The largest absolute Gasteiger partial charge is 0.323 e. The van der Waals surface area contributed by atoms with Crippen molar-refractivity contribution >= 4 is 21.8 Å². The Hall–Kier alpha value is -1.34. The minimum atomic E-state index is -0.114. The van der Waals surface area contributed by atoms with Gasteiger partial charge in [0, 0.05) is 10.5 Å². The van der Waals surface area contributed by atoms with E-state index in [1.165, 1.54) is 0 Å². The number of amides is 1. The lowest BCUT2D eigenvalue weighted by Crippen LogP contribution is -2.37. The SMILES string of the molecule is Cc1cccc(C(=O)N(CC#N)C(C)C)c1Br. The Morgan fingerprint density at radius 1 is 1.53 bits per heavy atom. The number of benzene rings is 1. The van der Waals surface area contributed by atoms with Gasteiger partial charge >= 0.3 is 0 Å². The van der Waals surface area contributed by atoms with E-state index in [4.69, 9.17) is 5.26 Å². The average Bonchev–Trinajstić information content (AvgIpc) is 2.28. The summed E-state index contributed by atoms with van der Waals surface area (Å²) < 4.78 is 0.800. The maximum absolute atomic E-state index is 12.3. The second kappa shape index (κ2) is 5.83. The summed E-state index contributed by atoms with van der Waals surface area (Å²) in [6.45, 7) is 5.85. The molecule has 0 saturated heterocycles. The molecule has 0 aliphatic rings. The van der Waals surface area contributed by atoms with Crippen LogP contribution in [0.3, 0.4) is 0 Å². The van der Waals surface area contributed by atoms with Gasteiger partial charge in [-0.05, 0) is 48.3 Å². The topological polar surface area (TPSA) is 44.1 Å². The highest BCUT2D eigenvalue weighted by Crippen LogP contribution is 2.23. The van der Waals surface area contributed by atoms with Crippen LogP contribution in [0.25, 0.3) is 0 Å². The third kappa shape index (κ3) is 3.07. The molecule has 0 atom stereocenters. The minimum Gasteiger partial charge on any atom is -0.323 e. The molecule has 0 aromatic heterocycles. The van der Waals surface area contributed by atoms with Crippen LogP contribution >= 0.6 is 15.9 Å². The molecule has 3 nitrogen and oxygen atoms in total. The summed E-state index contributed by atoms with van der Waals surface area (Å²) in [5.74, 6) is -0.114. The Morgan fingerprint density at radius 3 is 2.71 bits per heavy atom. The zero-order chi connectivity index (χ0) is 13.0. The fourth-order valence-corrected chi connectivity index (χ4v) is 1.97. The molecule has 0 N–H and O–H groups in total. The van der Waals surface area contributed by atoms with Gasteiger partial charge in [0.25, 0.3) is 5.91 Å². The van der Waals surface area contributed by atoms with Crippen LogP contribution in [0.2, 0.25) is 0 Å². The Kier molecular flexibility index (Phi) is 4.71. The molecule has 1 aromatic carbocycles. The molecule has 0 fully saturated rings. The molecule has 90 valence electrons. The Morgan fingerprint density at radius 2 is 2.18 bits per heavy atom. The summed E-state index contributed by atoms with van der Waals surface area (Å²) in [4.78, 5) is 13.8. The fraction of sp³-hybridized carbons (Fsp3) is 0.385. The second-order valence-corrected chi connectivity index (χ2v) is 4.91. The molecule has 0 heterocycles. The molecule has 0 aliphatic carbocycles. The van der Waals surface area contributed by atoms with Crippen LogP contribution in [0.15, 0.2) is 22.7 Å². The van der Waals surface area contributed by atoms with Gasteiger partial charge in [0.05, 0.1) is 11.6 Å². The van der Waals surface area contributed by atoms with E-state index >= 15 is 0 Å². The number of aryl methyl sites for hydroxylation is 1. The standard InChI is InChI=1S/C13H15BrN2O/c1-9(2)16(8-7-15)13(17)11-6-4-5-10(3)12(11)14/h4-6,9H,8H2,1-3H3. The number of carbonyl (C=O) groups is 1. The Labute approximate surface area is 110 Å². The van der Waals surface area contributed by atoms with Crippen molar-refractivity contribution in [1.82, 2.24) is 4.90 Å². The lowest BCUT2D eigenvalue weighted by atomic mass is 10.1. The molecule has 0 saturated carbocycles. The molecule has 1 amide bonds. The number of hydrogen-bond donors (Lipinski definition) is 0. The number of nitrogens with zero attached hydrogens (tertiary/aromatic N) is 2. The first-order chi connectivity index (χ1) is 7.99. The van der Waals surface area contributed by atoms with E-state index in [9.17, 15) is 4.79 Å². The Balaban J connectivity index is 3.11. The smallest absolute Gasteiger partial charge is 0.256 e. The molecule has 0 aliphatic heterocycles. The molecule has 0 spiro atoms. The van der Waals surface area contributed by atoms with E-state index in [1.54, 1.807) is 11.0 Å². The third-order valence-electron chi connectivity index (χ3n) is 2.55. The highest BCUT2D eigenvalue weighted by Gasteiger charge is 2.20. The van der Waals surface area contributed by atoms with Crippen LogP contribution in [-0.4, -0.2) is 23.4 Å². The van der Waals surface area contributed by atoms with Crippen molar-refractivity contribution in [3.8, 4) is 6.07 Å². The summed E-state index contributed by atoms with van der Waals surface area (Å²) in [5.41, 5.74) is 1.62. The molecule has 0 unspecified atom stereocenters. The highest BCUT2D eigenvalue weighted by atomic mass is 79.9. The van der Waals surface area contributed by atoms with Crippen LogP contribution in [0, 0.1) is 18.3 Å². The van der Waals surface area contributed by atoms with Crippen molar-refractivity contribution in [2.45, 2.75) is 26.8 Å². The number of halogens is 1. The molecule has 1 rings (SSSR count). The van der Waals surface area contributed by atoms with Crippen LogP contribution < -0.4 is 0 Å². The first-order valence-electron chi connectivity index (χ1n) is 5.42. The van der Waals surface area contributed by atoms with E-state index in [-0.39, 0.29) is 18.5 Å². The van der Waals surface area contributed by atoms with Gasteiger partial charge in [-0.2, -0.15) is 5.26 Å². The van der Waals surface area contributed by atoms with Crippen LogP contribution in [0.1, 0.15) is 29.8 Å². The lowest BCUT2D eigenvalue weighted by Gasteiger charge is -2.24. The highest BCUT2D eigenvalue weighted by molar-refractivity contribution is 9.10. The van der Waals surface area contributed by atoms with Gasteiger partial charge in [-0.1, -0.05) is 12.1 Å². The zero-order valence-corrected chi connectivity index (χ0v) is 11.8. The van der Waals surface area contributed by atoms with Gasteiger partial charge < -0.3 is 4.90 Å². The summed E-state index contributed by atoms with van der Waals surface area (Å²) in [7, 11) is 0. The van der Waals surface area contributed by atoms with Gasteiger partial charge in [0.2, 0.25) is 0 Å². The third-order valence-corrected chi connectivity index (χ3v) is 3.60. The lowest BCUT2D eigenvalue weighted by molar-refractivity contribution is 0.0730.